The predicted octanol–water partition coefficient (Wildman–Crippen LogP) is 5.03. The average Bonchev–Trinajstić information content (AvgIpc) is 2.24. The predicted molar refractivity (Wildman–Crippen MR) is 69.6 cm³/mol. The van der Waals surface area contributed by atoms with Gasteiger partial charge in [-0.1, -0.05) is 12.1 Å². The number of rotatable bonds is 0. The molecule has 2 aromatic heterocycles. The van der Waals surface area contributed by atoms with Gasteiger partial charge in [0.15, 0.2) is 0 Å². The molecule has 2 aromatic rings. The van der Waals surface area contributed by atoms with Crippen molar-refractivity contribution in [2.45, 2.75) is 0 Å². The van der Waals surface area contributed by atoms with Gasteiger partial charge < -0.3 is 24.6 Å². The van der Waals surface area contributed by atoms with E-state index in [0.717, 1.165) is 0 Å². The van der Waals surface area contributed by atoms with E-state index in [4.69, 9.17) is 0 Å². The SMILES string of the molecule is [NH2-].[NH2-].[NH2-].[NH2-].[Ru+4].c1ccncc1.c1ccncc1. The van der Waals surface area contributed by atoms with Gasteiger partial charge >= 0.3 is 19.5 Å². The molecule has 7 heteroatoms. The number of hydrogen-bond donors (Lipinski definition) is 0. The minimum atomic E-state index is 0. The minimum Gasteiger partial charge on any atom is -0.693 e. The van der Waals surface area contributed by atoms with Gasteiger partial charge in [-0.3, -0.25) is 9.97 Å². The van der Waals surface area contributed by atoms with Crippen molar-refractivity contribution in [2.75, 3.05) is 0 Å². The quantitative estimate of drug-likeness (QED) is 0.622. The van der Waals surface area contributed by atoms with Crippen LogP contribution in [-0.2, 0) is 19.5 Å². The summed E-state index contributed by atoms with van der Waals surface area (Å²) < 4.78 is 0. The van der Waals surface area contributed by atoms with Crippen LogP contribution in [0.25, 0.3) is 24.6 Å². The smallest absolute Gasteiger partial charge is 0.693 e. The monoisotopic (exact) mass is 324 g/mol. The van der Waals surface area contributed by atoms with Gasteiger partial charge in [-0.15, -0.1) is 0 Å². The Labute approximate surface area is 115 Å². The largest absolute Gasteiger partial charge is 4.00 e. The van der Waals surface area contributed by atoms with Gasteiger partial charge in [0, 0.05) is 24.8 Å². The molecular formula is C10H18N6Ru. The molecule has 0 aliphatic carbocycles. The molecule has 0 amide bonds. The summed E-state index contributed by atoms with van der Waals surface area (Å²) in [7, 11) is 0. The maximum Gasteiger partial charge on any atom is 4.00 e. The van der Waals surface area contributed by atoms with Gasteiger partial charge in [0.05, 0.1) is 0 Å². The van der Waals surface area contributed by atoms with E-state index in [0.29, 0.717) is 0 Å². The van der Waals surface area contributed by atoms with Crippen molar-refractivity contribution in [1.82, 2.24) is 9.97 Å². The van der Waals surface area contributed by atoms with Crippen LogP contribution < -0.4 is 0 Å². The number of hydrogen-bond acceptors (Lipinski definition) is 2. The summed E-state index contributed by atoms with van der Waals surface area (Å²) in [5.74, 6) is 0. The van der Waals surface area contributed by atoms with Gasteiger partial charge in [0.25, 0.3) is 0 Å². The summed E-state index contributed by atoms with van der Waals surface area (Å²) >= 11 is 0. The molecule has 0 aromatic carbocycles. The summed E-state index contributed by atoms with van der Waals surface area (Å²) in [4.78, 5) is 7.57. The Hall–Kier alpha value is -1.24. The van der Waals surface area contributed by atoms with E-state index in [2.05, 4.69) is 9.97 Å². The second kappa shape index (κ2) is 24.1. The van der Waals surface area contributed by atoms with Gasteiger partial charge in [-0.25, -0.2) is 0 Å². The van der Waals surface area contributed by atoms with Gasteiger partial charge in [-0.05, 0) is 24.3 Å². The molecule has 6 nitrogen and oxygen atoms in total. The molecule has 0 saturated heterocycles. The van der Waals surface area contributed by atoms with Crippen molar-refractivity contribution in [1.29, 1.82) is 0 Å². The Kier molecular flexibility index (Phi) is 42.1. The molecule has 0 bridgehead atoms. The van der Waals surface area contributed by atoms with Crippen molar-refractivity contribution in [3.05, 3.63) is 85.8 Å². The third-order valence-electron chi connectivity index (χ3n) is 1.13. The van der Waals surface area contributed by atoms with E-state index in [1.165, 1.54) is 0 Å². The first-order valence-corrected chi connectivity index (χ1v) is 3.70. The summed E-state index contributed by atoms with van der Waals surface area (Å²) in [5.41, 5.74) is 0. The van der Waals surface area contributed by atoms with E-state index >= 15 is 0 Å². The second-order valence-corrected chi connectivity index (χ2v) is 2.05. The molecule has 96 valence electrons. The summed E-state index contributed by atoms with van der Waals surface area (Å²) in [6.07, 6.45) is 7.00. The van der Waals surface area contributed by atoms with E-state index in [1.807, 2.05) is 36.4 Å². The number of nitrogens with zero attached hydrogens (tertiary/aromatic N) is 2. The minimum absolute atomic E-state index is 0. The summed E-state index contributed by atoms with van der Waals surface area (Å²) in [6.45, 7) is 0. The molecule has 8 N–H and O–H groups in total. The van der Waals surface area contributed by atoms with Crippen LogP contribution in [0.3, 0.4) is 0 Å². The third kappa shape index (κ3) is 20.8. The molecule has 0 aliphatic heterocycles. The zero-order valence-electron chi connectivity index (χ0n) is 9.33. The van der Waals surface area contributed by atoms with Crippen molar-refractivity contribution in [3.63, 3.8) is 0 Å². The summed E-state index contributed by atoms with van der Waals surface area (Å²) in [6, 6.07) is 11.4. The molecule has 0 atom stereocenters. The molecule has 0 unspecified atom stereocenters. The molecule has 0 aliphatic rings. The Bertz CT molecular complexity index is 196. The topological polar surface area (TPSA) is 160 Å². The van der Waals surface area contributed by atoms with Crippen molar-refractivity contribution in [2.24, 2.45) is 0 Å². The van der Waals surface area contributed by atoms with Crippen molar-refractivity contribution >= 4 is 0 Å². The zero-order valence-corrected chi connectivity index (χ0v) is 11.1. The fourth-order valence-electron chi connectivity index (χ4n) is 0.625. The zero-order chi connectivity index (χ0) is 8.49. The molecule has 2 heterocycles. The maximum atomic E-state index is 3.78. The van der Waals surface area contributed by atoms with Gasteiger partial charge in [0.1, 0.15) is 0 Å². The fourth-order valence-corrected chi connectivity index (χ4v) is 0.625. The average molecular weight is 323 g/mol. The maximum absolute atomic E-state index is 3.78. The second-order valence-electron chi connectivity index (χ2n) is 2.05. The van der Waals surface area contributed by atoms with Crippen LogP contribution >= 0.6 is 0 Å². The van der Waals surface area contributed by atoms with Gasteiger partial charge in [-0.2, -0.15) is 0 Å². The van der Waals surface area contributed by atoms with E-state index in [1.54, 1.807) is 24.8 Å². The molecule has 0 spiro atoms. The first-order valence-electron chi connectivity index (χ1n) is 3.70. The van der Waals surface area contributed by atoms with Crippen LogP contribution in [0.15, 0.2) is 61.2 Å². The van der Waals surface area contributed by atoms with E-state index in [9.17, 15) is 0 Å². The first-order chi connectivity index (χ1) is 6.00. The van der Waals surface area contributed by atoms with Gasteiger partial charge in [0.2, 0.25) is 0 Å². The molecule has 0 fully saturated rings. The van der Waals surface area contributed by atoms with E-state index in [-0.39, 0.29) is 44.1 Å². The molecular weight excluding hydrogens is 305 g/mol. The number of nitrogens with two attached hydrogens (primary N) is 4. The van der Waals surface area contributed by atoms with Crippen molar-refractivity contribution < 1.29 is 19.5 Å². The Balaban J connectivity index is -0.0000000436. The molecule has 17 heavy (non-hydrogen) atoms. The first kappa shape index (κ1) is 29.7. The van der Waals surface area contributed by atoms with E-state index < -0.39 is 0 Å². The fraction of sp³-hybridized carbons (Fsp3) is 0. The molecule has 0 radical (unpaired) electrons. The third-order valence-corrected chi connectivity index (χ3v) is 1.13. The van der Waals surface area contributed by atoms with Crippen LogP contribution in [0.4, 0.5) is 0 Å². The Morgan fingerprint density at radius 2 is 0.647 bits per heavy atom. The van der Waals surface area contributed by atoms with Crippen LogP contribution in [0.2, 0.25) is 0 Å². The Morgan fingerprint density at radius 1 is 0.412 bits per heavy atom. The number of pyridine rings is 2. The van der Waals surface area contributed by atoms with Crippen molar-refractivity contribution in [3.8, 4) is 0 Å². The van der Waals surface area contributed by atoms with Crippen LogP contribution in [0, 0.1) is 0 Å². The Morgan fingerprint density at radius 3 is 0.706 bits per heavy atom. The van der Waals surface area contributed by atoms with Crippen LogP contribution in [0.1, 0.15) is 0 Å². The van der Waals surface area contributed by atoms with Crippen LogP contribution in [-0.4, -0.2) is 9.97 Å². The van der Waals surface area contributed by atoms with Crippen LogP contribution in [0.5, 0.6) is 0 Å². The molecule has 2 rings (SSSR count). The normalized spacial score (nSPS) is 5.65. The molecule has 0 saturated carbocycles. The number of aromatic nitrogens is 2. The standard InChI is InChI=1S/2C5H5N.4H2N.Ru/c2*1-2-4-6-5-3-1;;;;;/h2*1-5H;4*1H2;/q;;4*-1;+4. The summed E-state index contributed by atoms with van der Waals surface area (Å²) in [5, 5.41) is 0.